The summed E-state index contributed by atoms with van der Waals surface area (Å²) in [4.78, 5) is 0.670. The van der Waals surface area contributed by atoms with E-state index in [1.165, 1.54) is 18.6 Å². The van der Waals surface area contributed by atoms with Gasteiger partial charge in [-0.05, 0) is 35.4 Å². The van der Waals surface area contributed by atoms with Gasteiger partial charge in [0.2, 0.25) is 0 Å². The molecule has 0 bridgehead atoms. The number of benzene rings is 2. The fraction of sp³-hybridized carbons (Fsp3) is 0.455. The van der Waals surface area contributed by atoms with Gasteiger partial charge in [0, 0.05) is 15.2 Å². The van der Waals surface area contributed by atoms with E-state index < -0.39 is 28.9 Å². The number of hydrogen-bond donors (Lipinski definition) is 0. The Labute approximate surface area is 172 Å². The van der Waals surface area contributed by atoms with Gasteiger partial charge in [0.25, 0.3) is 0 Å². The third kappa shape index (κ3) is 5.71. The van der Waals surface area contributed by atoms with Gasteiger partial charge in [0.1, 0.15) is 0 Å². The van der Waals surface area contributed by atoms with Crippen LogP contribution in [0.4, 0.5) is 26.3 Å². The second-order valence-electron chi connectivity index (χ2n) is 6.85. The van der Waals surface area contributed by atoms with Crippen LogP contribution in [0.3, 0.4) is 0 Å². The van der Waals surface area contributed by atoms with E-state index in [-0.39, 0.29) is 0 Å². The van der Waals surface area contributed by atoms with E-state index in [9.17, 15) is 26.3 Å². The van der Waals surface area contributed by atoms with Gasteiger partial charge in [-0.1, -0.05) is 71.9 Å². The number of fused-ring (bicyclic) bond motifs is 2. The summed E-state index contributed by atoms with van der Waals surface area (Å²) >= 11 is 0.945. The van der Waals surface area contributed by atoms with Crippen molar-refractivity contribution in [3.05, 3.63) is 58.7 Å². The van der Waals surface area contributed by atoms with E-state index in [1.54, 1.807) is 13.8 Å². The van der Waals surface area contributed by atoms with Crippen LogP contribution in [0.1, 0.15) is 70.2 Å². The van der Waals surface area contributed by atoms with Crippen LogP contribution in [-0.4, -0.2) is 0 Å². The molecule has 2 aromatic rings. The molecule has 29 heavy (non-hydrogen) atoms. The van der Waals surface area contributed by atoms with Gasteiger partial charge in [0.05, 0.1) is 11.1 Å². The molecule has 0 nitrogen and oxygen atoms in total. The highest BCUT2D eigenvalue weighted by Crippen LogP contribution is 2.51. The number of hydrogen-bond acceptors (Lipinski definition) is 1. The monoisotopic (exact) mass is 436 g/mol. The smallest absolute Gasteiger partial charge is 0.166 e. The van der Waals surface area contributed by atoms with Gasteiger partial charge < -0.3 is 0 Å². The molecule has 0 aromatic heterocycles. The van der Waals surface area contributed by atoms with E-state index in [1.807, 2.05) is 13.8 Å². The van der Waals surface area contributed by atoms with E-state index in [0.29, 0.717) is 20.9 Å². The van der Waals surface area contributed by atoms with Crippen LogP contribution in [0, 0.1) is 0 Å². The highest BCUT2D eigenvalue weighted by Gasteiger charge is 2.38. The zero-order valence-electron chi connectivity index (χ0n) is 17.3. The molecule has 7 heteroatoms. The van der Waals surface area contributed by atoms with Crippen molar-refractivity contribution >= 4 is 11.8 Å². The lowest BCUT2D eigenvalue weighted by Gasteiger charge is -2.35. The first-order valence-electron chi connectivity index (χ1n) is 9.43. The molecular formula is C22H26F6S. The molecule has 0 saturated heterocycles. The van der Waals surface area contributed by atoms with Crippen molar-refractivity contribution in [3.63, 3.8) is 0 Å². The summed E-state index contributed by atoms with van der Waals surface area (Å²) in [6.45, 7) is 11.8. The zero-order valence-corrected chi connectivity index (χ0v) is 18.2. The summed E-state index contributed by atoms with van der Waals surface area (Å²) in [5.41, 5.74) is -0.940. The van der Waals surface area contributed by atoms with Crippen molar-refractivity contribution < 1.29 is 26.3 Å². The summed E-state index contributed by atoms with van der Waals surface area (Å²) in [5, 5.41) is 0. The maximum atomic E-state index is 12.9. The van der Waals surface area contributed by atoms with Gasteiger partial charge in [-0.2, -0.15) is 26.3 Å². The van der Waals surface area contributed by atoms with E-state index in [0.717, 1.165) is 36.0 Å². The van der Waals surface area contributed by atoms with E-state index >= 15 is 0 Å². The number of alkyl halides is 6. The molecule has 1 aliphatic heterocycles. The summed E-state index contributed by atoms with van der Waals surface area (Å²) in [6.07, 6.45) is -7.73. The predicted octanol–water partition coefficient (Wildman–Crippen LogP) is 8.96. The lowest BCUT2D eigenvalue weighted by atomic mass is 9.77. The number of halogens is 6. The molecule has 0 unspecified atom stereocenters. The first kappa shape index (κ1) is 25.4. The summed E-state index contributed by atoms with van der Waals surface area (Å²) in [7, 11) is 0. The van der Waals surface area contributed by atoms with Crippen LogP contribution >= 0.6 is 11.8 Å². The van der Waals surface area contributed by atoms with Gasteiger partial charge in [-0.3, -0.25) is 0 Å². The number of rotatable bonds is 0. The third-order valence-electron chi connectivity index (χ3n) is 4.18. The molecule has 0 radical (unpaired) electrons. The van der Waals surface area contributed by atoms with Crippen molar-refractivity contribution in [1.29, 1.82) is 0 Å². The second kappa shape index (κ2) is 9.45. The Morgan fingerprint density at radius 2 is 1.03 bits per heavy atom. The zero-order chi connectivity index (χ0) is 22.6. The SMILES string of the molecule is CC.CC1(C)c2ccc(C(F)(F)F)cc2Sc2cc(C(F)(F)F)ccc21.CCC. The Morgan fingerprint density at radius 3 is 1.31 bits per heavy atom. The molecular weight excluding hydrogens is 410 g/mol. The lowest BCUT2D eigenvalue weighted by Crippen LogP contribution is -2.24. The second-order valence-corrected chi connectivity index (χ2v) is 7.94. The van der Waals surface area contributed by atoms with Crippen LogP contribution in [0.15, 0.2) is 46.2 Å². The Morgan fingerprint density at radius 1 is 0.724 bits per heavy atom. The quantitative estimate of drug-likeness (QED) is 0.371. The fourth-order valence-corrected chi connectivity index (χ4v) is 4.34. The minimum absolute atomic E-state index is 0.335. The molecule has 162 valence electrons. The van der Waals surface area contributed by atoms with Crippen molar-refractivity contribution in [2.75, 3.05) is 0 Å². The molecule has 3 rings (SSSR count). The maximum absolute atomic E-state index is 12.9. The van der Waals surface area contributed by atoms with Crippen LogP contribution < -0.4 is 0 Å². The standard InChI is InChI=1S/C17H12F6S.C3H8.C2H6/c1-15(2)11-5-3-9(16(18,19)20)7-13(11)24-14-8-10(17(21,22)23)4-6-12(14)15;1-3-2;1-2/h3-8H,1-2H3;3H2,1-2H3;1-2H3. The summed E-state index contributed by atoms with van der Waals surface area (Å²) in [5.74, 6) is 0. The van der Waals surface area contributed by atoms with Gasteiger partial charge in [-0.15, -0.1) is 0 Å². The first-order chi connectivity index (χ1) is 13.3. The average molecular weight is 437 g/mol. The third-order valence-corrected chi connectivity index (χ3v) is 5.30. The first-order valence-corrected chi connectivity index (χ1v) is 10.2. The molecule has 0 saturated carbocycles. The molecule has 0 N–H and O–H groups in total. The summed E-state index contributed by atoms with van der Waals surface area (Å²) < 4.78 is 77.5. The average Bonchev–Trinajstić information content (AvgIpc) is 2.62. The van der Waals surface area contributed by atoms with Crippen molar-refractivity contribution in [2.24, 2.45) is 0 Å². The topological polar surface area (TPSA) is 0 Å². The van der Waals surface area contributed by atoms with E-state index in [2.05, 4.69) is 13.8 Å². The Bertz CT molecular complexity index is 754. The van der Waals surface area contributed by atoms with Gasteiger partial charge in [0.15, 0.2) is 0 Å². The molecule has 0 amide bonds. The predicted molar refractivity (Wildman–Crippen MR) is 106 cm³/mol. The van der Waals surface area contributed by atoms with Crippen LogP contribution in [-0.2, 0) is 17.8 Å². The Kier molecular flexibility index (Phi) is 8.28. The molecule has 0 fully saturated rings. The van der Waals surface area contributed by atoms with Gasteiger partial charge >= 0.3 is 12.4 Å². The highest BCUT2D eigenvalue weighted by atomic mass is 32.2. The van der Waals surface area contributed by atoms with Crippen LogP contribution in [0.25, 0.3) is 0 Å². The molecule has 2 aromatic carbocycles. The normalized spacial score (nSPS) is 14.5. The Hall–Kier alpha value is -1.63. The van der Waals surface area contributed by atoms with Crippen molar-refractivity contribution in [2.45, 2.75) is 75.5 Å². The molecule has 0 spiro atoms. The summed E-state index contributed by atoms with van der Waals surface area (Å²) in [6, 6.07) is 6.85. The molecule has 1 aliphatic rings. The molecule has 1 heterocycles. The molecule has 0 atom stereocenters. The fourth-order valence-electron chi connectivity index (χ4n) is 2.86. The lowest BCUT2D eigenvalue weighted by molar-refractivity contribution is -0.138. The highest BCUT2D eigenvalue weighted by molar-refractivity contribution is 7.99. The largest absolute Gasteiger partial charge is 0.416 e. The maximum Gasteiger partial charge on any atom is 0.416 e. The van der Waals surface area contributed by atoms with Crippen molar-refractivity contribution in [3.8, 4) is 0 Å². The molecule has 0 aliphatic carbocycles. The Balaban J connectivity index is 0.000000771. The van der Waals surface area contributed by atoms with Gasteiger partial charge in [-0.25, -0.2) is 0 Å². The van der Waals surface area contributed by atoms with Crippen LogP contribution in [0.2, 0.25) is 0 Å². The minimum Gasteiger partial charge on any atom is -0.166 e. The van der Waals surface area contributed by atoms with Crippen LogP contribution in [0.5, 0.6) is 0 Å². The van der Waals surface area contributed by atoms with Crippen molar-refractivity contribution in [1.82, 2.24) is 0 Å². The van der Waals surface area contributed by atoms with E-state index in [4.69, 9.17) is 0 Å². The minimum atomic E-state index is -4.49.